The van der Waals surface area contributed by atoms with Gasteiger partial charge in [0.25, 0.3) is 5.91 Å². The van der Waals surface area contributed by atoms with Crippen molar-refractivity contribution in [1.82, 2.24) is 0 Å². The van der Waals surface area contributed by atoms with E-state index in [0.29, 0.717) is 11.5 Å². The molecule has 0 aliphatic heterocycles. The van der Waals surface area contributed by atoms with E-state index in [9.17, 15) is 4.79 Å². The third-order valence-electron chi connectivity index (χ3n) is 2.87. The van der Waals surface area contributed by atoms with E-state index in [1.165, 1.54) is 0 Å². The molecule has 1 N–H and O–H groups in total. The minimum Gasteiger partial charge on any atom is -0.493 e. The van der Waals surface area contributed by atoms with Gasteiger partial charge in [-0.2, -0.15) is 0 Å². The van der Waals surface area contributed by atoms with Crippen LogP contribution in [0.2, 0.25) is 0 Å². The molecule has 5 heteroatoms. The second-order valence-electron chi connectivity index (χ2n) is 4.45. The quantitative estimate of drug-likeness (QED) is 0.893. The van der Waals surface area contributed by atoms with Crippen LogP contribution in [0.4, 0.5) is 5.69 Å². The third-order valence-corrected chi connectivity index (χ3v) is 3.76. The lowest BCUT2D eigenvalue weighted by molar-refractivity contribution is -0.118. The number of amides is 1. The molecule has 110 valence electrons. The maximum atomic E-state index is 11.9. The number of rotatable bonds is 5. The van der Waals surface area contributed by atoms with Crippen LogP contribution in [0.25, 0.3) is 0 Å². The molecule has 0 unspecified atom stereocenters. The molecule has 2 aromatic carbocycles. The smallest absolute Gasteiger partial charge is 0.262 e. The van der Waals surface area contributed by atoms with E-state index in [0.717, 1.165) is 15.7 Å². The van der Waals surface area contributed by atoms with Gasteiger partial charge in [0, 0.05) is 10.2 Å². The van der Waals surface area contributed by atoms with Crippen LogP contribution in [0, 0.1) is 6.92 Å². The van der Waals surface area contributed by atoms with Gasteiger partial charge in [-0.3, -0.25) is 4.79 Å². The average molecular weight is 350 g/mol. The normalized spacial score (nSPS) is 10.0. The molecule has 4 nitrogen and oxygen atoms in total. The number of anilines is 1. The minimum atomic E-state index is -0.220. The Balaban J connectivity index is 1.94. The number of hydrogen-bond donors (Lipinski definition) is 1. The fourth-order valence-corrected chi connectivity index (χ4v) is 2.05. The Morgan fingerprint density at radius 2 is 1.90 bits per heavy atom. The lowest BCUT2D eigenvalue weighted by Gasteiger charge is -2.11. The molecule has 0 saturated heterocycles. The molecule has 0 aromatic heterocycles. The topological polar surface area (TPSA) is 47.6 Å². The summed E-state index contributed by atoms with van der Waals surface area (Å²) in [6.45, 7) is 1.89. The first-order valence-electron chi connectivity index (χ1n) is 6.42. The van der Waals surface area contributed by atoms with E-state index in [1.54, 1.807) is 19.2 Å². The molecule has 21 heavy (non-hydrogen) atoms. The van der Waals surface area contributed by atoms with E-state index in [2.05, 4.69) is 21.2 Å². The van der Waals surface area contributed by atoms with Gasteiger partial charge < -0.3 is 14.8 Å². The number of para-hydroxylation sites is 2. The van der Waals surface area contributed by atoms with Crippen molar-refractivity contribution in [3.8, 4) is 11.5 Å². The van der Waals surface area contributed by atoms with Gasteiger partial charge in [-0.25, -0.2) is 0 Å². The van der Waals surface area contributed by atoms with Crippen molar-refractivity contribution in [1.29, 1.82) is 0 Å². The van der Waals surface area contributed by atoms with Crippen molar-refractivity contribution in [3.05, 3.63) is 52.5 Å². The number of aryl methyl sites for hydroxylation is 1. The van der Waals surface area contributed by atoms with Gasteiger partial charge in [0.05, 0.1) is 7.11 Å². The summed E-state index contributed by atoms with van der Waals surface area (Å²) in [6, 6.07) is 12.8. The Kier molecular flexibility index (Phi) is 5.22. The fourth-order valence-electron chi connectivity index (χ4n) is 1.80. The van der Waals surface area contributed by atoms with Crippen LogP contribution in [-0.4, -0.2) is 19.6 Å². The summed E-state index contributed by atoms with van der Waals surface area (Å²) in [4.78, 5) is 11.9. The molecule has 0 fully saturated rings. The van der Waals surface area contributed by atoms with E-state index in [-0.39, 0.29) is 12.5 Å². The Morgan fingerprint density at radius 3 is 2.57 bits per heavy atom. The monoisotopic (exact) mass is 349 g/mol. The largest absolute Gasteiger partial charge is 0.493 e. The van der Waals surface area contributed by atoms with E-state index < -0.39 is 0 Å². The molecule has 0 atom stereocenters. The molecule has 0 spiro atoms. The zero-order chi connectivity index (χ0) is 15.2. The molecule has 0 heterocycles. The highest BCUT2D eigenvalue weighted by Gasteiger charge is 2.07. The van der Waals surface area contributed by atoms with Gasteiger partial charge in [0.15, 0.2) is 18.1 Å². The fraction of sp³-hybridized carbons (Fsp3) is 0.188. The number of carbonyl (C=O) groups excluding carboxylic acids is 1. The summed E-state index contributed by atoms with van der Waals surface area (Å²) >= 11 is 3.42. The van der Waals surface area contributed by atoms with Crippen molar-refractivity contribution in [2.45, 2.75) is 6.92 Å². The first kappa shape index (κ1) is 15.4. The first-order valence-corrected chi connectivity index (χ1v) is 7.21. The molecular formula is C16H16BrNO3. The Labute approximate surface area is 132 Å². The van der Waals surface area contributed by atoms with Gasteiger partial charge in [-0.05, 0) is 42.8 Å². The maximum absolute atomic E-state index is 11.9. The highest BCUT2D eigenvalue weighted by Crippen LogP contribution is 2.25. The predicted octanol–water partition coefficient (Wildman–Crippen LogP) is 3.78. The number of methoxy groups -OCH3 is 1. The van der Waals surface area contributed by atoms with Gasteiger partial charge >= 0.3 is 0 Å². The molecule has 0 radical (unpaired) electrons. The molecular weight excluding hydrogens is 334 g/mol. The van der Waals surface area contributed by atoms with Crippen molar-refractivity contribution >= 4 is 27.5 Å². The van der Waals surface area contributed by atoms with Gasteiger partial charge in [-0.1, -0.05) is 28.1 Å². The van der Waals surface area contributed by atoms with Crippen LogP contribution in [0.3, 0.4) is 0 Å². The van der Waals surface area contributed by atoms with Gasteiger partial charge in [0.2, 0.25) is 0 Å². The van der Waals surface area contributed by atoms with E-state index in [1.807, 2.05) is 37.3 Å². The number of benzene rings is 2. The SMILES string of the molecule is COc1ccccc1OCC(=O)Nc1ccc(Br)c(C)c1. The summed E-state index contributed by atoms with van der Waals surface area (Å²) in [5, 5.41) is 2.79. The first-order chi connectivity index (χ1) is 10.1. The molecule has 1 amide bonds. The van der Waals surface area contributed by atoms with Gasteiger partial charge in [0.1, 0.15) is 0 Å². The molecule has 2 aromatic rings. The third kappa shape index (κ3) is 4.23. The molecule has 2 rings (SSSR count). The minimum absolute atomic E-state index is 0.0739. The number of halogens is 1. The van der Waals surface area contributed by atoms with E-state index in [4.69, 9.17) is 9.47 Å². The average Bonchev–Trinajstić information content (AvgIpc) is 2.49. The summed E-state index contributed by atoms with van der Waals surface area (Å²) < 4.78 is 11.6. The molecule has 0 saturated carbocycles. The van der Waals surface area contributed by atoms with Crippen molar-refractivity contribution in [3.63, 3.8) is 0 Å². The second kappa shape index (κ2) is 7.13. The number of carbonyl (C=O) groups is 1. The lowest BCUT2D eigenvalue weighted by atomic mass is 10.2. The number of ether oxygens (including phenoxy) is 2. The highest BCUT2D eigenvalue weighted by atomic mass is 79.9. The van der Waals surface area contributed by atoms with Gasteiger partial charge in [-0.15, -0.1) is 0 Å². The highest BCUT2D eigenvalue weighted by molar-refractivity contribution is 9.10. The standard InChI is InChI=1S/C16H16BrNO3/c1-11-9-12(7-8-13(11)17)18-16(19)10-21-15-6-4-3-5-14(15)20-2/h3-9H,10H2,1-2H3,(H,18,19). The second-order valence-corrected chi connectivity index (χ2v) is 5.31. The summed E-state index contributed by atoms with van der Waals surface area (Å²) in [5.74, 6) is 0.926. The van der Waals surface area contributed by atoms with Crippen LogP contribution in [0.1, 0.15) is 5.56 Å². The number of nitrogens with one attached hydrogen (secondary N) is 1. The summed E-state index contributed by atoms with van der Waals surface area (Å²) in [5.41, 5.74) is 1.79. The van der Waals surface area contributed by atoms with Crippen molar-refractivity contribution in [2.75, 3.05) is 19.0 Å². The Morgan fingerprint density at radius 1 is 1.19 bits per heavy atom. The summed E-state index contributed by atoms with van der Waals surface area (Å²) in [6.07, 6.45) is 0. The van der Waals surface area contributed by atoms with Crippen LogP contribution < -0.4 is 14.8 Å². The van der Waals surface area contributed by atoms with Crippen molar-refractivity contribution < 1.29 is 14.3 Å². The van der Waals surface area contributed by atoms with E-state index >= 15 is 0 Å². The lowest BCUT2D eigenvalue weighted by Crippen LogP contribution is -2.20. The molecule has 0 aliphatic rings. The molecule has 0 aliphatic carbocycles. The van der Waals surface area contributed by atoms with Crippen LogP contribution in [-0.2, 0) is 4.79 Å². The van der Waals surface area contributed by atoms with Crippen LogP contribution in [0.15, 0.2) is 46.9 Å². The van der Waals surface area contributed by atoms with Crippen LogP contribution in [0.5, 0.6) is 11.5 Å². The zero-order valence-corrected chi connectivity index (χ0v) is 13.4. The number of hydrogen-bond acceptors (Lipinski definition) is 3. The summed E-state index contributed by atoms with van der Waals surface area (Å²) in [7, 11) is 1.56. The molecule has 0 bridgehead atoms. The Hall–Kier alpha value is -2.01. The van der Waals surface area contributed by atoms with Crippen molar-refractivity contribution in [2.24, 2.45) is 0 Å². The predicted molar refractivity (Wildman–Crippen MR) is 86.0 cm³/mol. The zero-order valence-electron chi connectivity index (χ0n) is 11.9. The van der Waals surface area contributed by atoms with Crippen LogP contribution >= 0.6 is 15.9 Å². The Bertz CT molecular complexity index is 643. The maximum Gasteiger partial charge on any atom is 0.262 e.